The topological polar surface area (TPSA) is 29.1 Å². The molecule has 2 aromatic rings. The van der Waals surface area contributed by atoms with Gasteiger partial charge in [0.15, 0.2) is 11.6 Å². The van der Waals surface area contributed by atoms with Crippen LogP contribution < -0.4 is 5.32 Å². The van der Waals surface area contributed by atoms with E-state index in [1.54, 1.807) is 25.1 Å². The molecule has 0 atom stereocenters. The average molecular weight is 316 g/mol. The minimum absolute atomic E-state index is 0.148. The zero-order chi connectivity index (χ0) is 14.9. The first-order chi connectivity index (χ1) is 9.38. The molecular formula is C14H9Cl2F2NO. The highest BCUT2D eigenvalue weighted by molar-refractivity contribution is 6.34. The predicted octanol–water partition coefficient (Wildman–Crippen LogP) is 4.83. The van der Waals surface area contributed by atoms with Crippen molar-refractivity contribution in [1.82, 2.24) is 0 Å². The molecule has 20 heavy (non-hydrogen) atoms. The van der Waals surface area contributed by atoms with Gasteiger partial charge in [-0.15, -0.1) is 0 Å². The van der Waals surface area contributed by atoms with Crippen LogP contribution in [0, 0.1) is 18.6 Å². The van der Waals surface area contributed by atoms with Gasteiger partial charge < -0.3 is 5.32 Å². The molecule has 104 valence electrons. The van der Waals surface area contributed by atoms with E-state index < -0.39 is 17.5 Å². The molecule has 0 aromatic heterocycles. The minimum atomic E-state index is -1.14. The van der Waals surface area contributed by atoms with Crippen LogP contribution in [0.4, 0.5) is 14.5 Å². The number of carbonyl (C=O) groups excluding carboxylic acids is 1. The number of benzene rings is 2. The summed E-state index contributed by atoms with van der Waals surface area (Å²) in [7, 11) is 0. The van der Waals surface area contributed by atoms with E-state index >= 15 is 0 Å². The molecule has 2 rings (SSSR count). The number of amides is 1. The highest BCUT2D eigenvalue weighted by atomic mass is 35.5. The van der Waals surface area contributed by atoms with Crippen molar-refractivity contribution in [2.45, 2.75) is 6.92 Å². The van der Waals surface area contributed by atoms with E-state index in [1.165, 1.54) is 0 Å². The third-order valence-electron chi connectivity index (χ3n) is 2.70. The van der Waals surface area contributed by atoms with E-state index in [0.29, 0.717) is 10.7 Å². The lowest BCUT2D eigenvalue weighted by molar-refractivity contribution is 0.102. The van der Waals surface area contributed by atoms with Crippen molar-refractivity contribution in [1.29, 1.82) is 0 Å². The number of nitrogens with one attached hydrogen (secondary N) is 1. The maximum atomic E-state index is 13.2. The van der Waals surface area contributed by atoms with Crippen LogP contribution in [0.1, 0.15) is 15.9 Å². The molecule has 0 aliphatic rings. The number of aryl methyl sites for hydroxylation is 1. The zero-order valence-corrected chi connectivity index (χ0v) is 11.8. The minimum Gasteiger partial charge on any atom is -0.322 e. The lowest BCUT2D eigenvalue weighted by atomic mass is 10.1. The fourth-order valence-corrected chi connectivity index (χ4v) is 2.02. The van der Waals surface area contributed by atoms with Crippen LogP contribution in [0.15, 0.2) is 30.3 Å². The largest absolute Gasteiger partial charge is 0.322 e. The number of rotatable bonds is 2. The molecule has 0 heterocycles. The summed E-state index contributed by atoms with van der Waals surface area (Å²) in [6, 6.07) is 6.48. The second-order valence-electron chi connectivity index (χ2n) is 4.16. The smallest absolute Gasteiger partial charge is 0.257 e. The van der Waals surface area contributed by atoms with Crippen LogP contribution in [0.25, 0.3) is 0 Å². The van der Waals surface area contributed by atoms with Gasteiger partial charge in [0.25, 0.3) is 5.91 Å². The Morgan fingerprint density at radius 3 is 2.45 bits per heavy atom. The SMILES string of the molecule is Cc1ccc(Cl)cc1NC(=O)c1cc(F)c(F)cc1Cl. The van der Waals surface area contributed by atoms with Crippen LogP contribution in [-0.4, -0.2) is 5.91 Å². The number of hydrogen-bond donors (Lipinski definition) is 1. The van der Waals surface area contributed by atoms with Crippen LogP contribution in [0.2, 0.25) is 10.0 Å². The molecule has 1 N–H and O–H groups in total. The van der Waals surface area contributed by atoms with Crippen LogP contribution >= 0.6 is 23.2 Å². The third kappa shape index (κ3) is 3.08. The van der Waals surface area contributed by atoms with E-state index in [-0.39, 0.29) is 10.6 Å². The first-order valence-electron chi connectivity index (χ1n) is 5.60. The molecule has 1 amide bonds. The van der Waals surface area contributed by atoms with Crippen molar-refractivity contribution < 1.29 is 13.6 Å². The number of hydrogen-bond acceptors (Lipinski definition) is 1. The fourth-order valence-electron chi connectivity index (χ4n) is 1.62. The Bertz CT molecular complexity index is 689. The van der Waals surface area contributed by atoms with Crippen LogP contribution in [-0.2, 0) is 0 Å². The van der Waals surface area contributed by atoms with E-state index in [1.807, 2.05) is 0 Å². The van der Waals surface area contributed by atoms with Gasteiger partial charge in [-0.3, -0.25) is 4.79 Å². The Morgan fingerprint density at radius 1 is 1.10 bits per heavy atom. The number of anilines is 1. The fraction of sp³-hybridized carbons (Fsp3) is 0.0714. The molecule has 0 aliphatic carbocycles. The Hall–Kier alpha value is -1.65. The van der Waals surface area contributed by atoms with Gasteiger partial charge in [-0.05, 0) is 36.8 Å². The highest BCUT2D eigenvalue weighted by Crippen LogP contribution is 2.24. The summed E-state index contributed by atoms with van der Waals surface area (Å²) in [5.41, 5.74) is 1.11. The van der Waals surface area contributed by atoms with Crippen molar-refractivity contribution in [3.05, 3.63) is 63.1 Å². The summed E-state index contributed by atoms with van der Waals surface area (Å²) >= 11 is 11.6. The van der Waals surface area contributed by atoms with Gasteiger partial charge >= 0.3 is 0 Å². The van der Waals surface area contributed by atoms with E-state index in [2.05, 4.69) is 5.32 Å². The van der Waals surface area contributed by atoms with Gasteiger partial charge in [0.1, 0.15) is 0 Å². The molecule has 0 bridgehead atoms. The standard InChI is InChI=1S/C14H9Cl2F2NO/c1-7-2-3-8(15)4-13(7)19-14(20)9-5-11(17)12(18)6-10(9)16/h2-6H,1H3,(H,19,20). The molecule has 2 aromatic carbocycles. The quantitative estimate of drug-likeness (QED) is 0.790. The van der Waals surface area contributed by atoms with Crippen LogP contribution in [0.3, 0.4) is 0 Å². The molecule has 0 spiro atoms. The Kier molecular flexibility index (Phi) is 4.26. The molecule has 2 nitrogen and oxygen atoms in total. The summed E-state index contributed by atoms with van der Waals surface area (Å²) < 4.78 is 26.1. The van der Waals surface area contributed by atoms with Gasteiger partial charge in [-0.1, -0.05) is 29.3 Å². The first kappa shape index (κ1) is 14.8. The number of carbonyl (C=O) groups is 1. The Balaban J connectivity index is 2.33. The molecule has 0 fully saturated rings. The molecule has 6 heteroatoms. The summed E-state index contributed by atoms with van der Waals surface area (Å²) in [4.78, 5) is 12.0. The van der Waals surface area contributed by atoms with E-state index in [0.717, 1.165) is 17.7 Å². The first-order valence-corrected chi connectivity index (χ1v) is 6.36. The Labute approximate surface area is 124 Å². The van der Waals surface area contributed by atoms with Crippen molar-refractivity contribution in [3.8, 4) is 0 Å². The second kappa shape index (κ2) is 5.77. The normalized spacial score (nSPS) is 10.4. The molecule has 0 radical (unpaired) electrons. The second-order valence-corrected chi connectivity index (χ2v) is 5.00. The van der Waals surface area contributed by atoms with E-state index in [4.69, 9.17) is 23.2 Å². The summed E-state index contributed by atoms with van der Waals surface area (Å²) in [5, 5.41) is 2.84. The lowest BCUT2D eigenvalue weighted by Crippen LogP contribution is -2.14. The third-order valence-corrected chi connectivity index (χ3v) is 3.25. The van der Waals surface area contributed by atoms with Gasteiger partial charge in [-0.25, -0.2) is 8.78 Å². The average Bonchev–Trinajstić information content (AvgIpc) is 2.38. The predicted molar refractivity (Wildman–Crippen MR) is 75.5 cm³/mol. The zero-order valence-electron chi connectivity index (χ0n) is 10.3. The molecular weight excluding hydrogens is 307 g/mol. The molecule has 0 saturated heterocycles. The van der Waals surface area contributed by atoms with Gasteiger partial charge in [0.2, 0.25) is 0 Å². The maximum absolute atomic E-state index is 13.2. The van der Waals surface area contributed by atoms with Crippen molar-refractivity contribution in [2.75, 3.05) is 5.32 Å². The van der Waals surface area contributed by atoms with Crippen molar-refractivity contribution in [2.24, 2.45) is 0 Å². The van der Waals surface area contributed by atoms with Gasteiger partial charge in [0, 0.05) is 10.7 Å². The Morgan fingerprint density at radius 2 is 1.75 bits per heavy atom. The van der Waals surface area contributed by atoms with E-state index in [9.17, 15) is 13.6 Å². The maximum Gasteiger partial charge on any atom is 0.257 e. The monoisotopic (exact) mass is 315 g/mol. The lowest BCUT2D eigenvalue weighted by Gasteiger charge is -2.10. The molecule has 0 saturated carbocycles. The van der Waals surface area contributed by atoms with Crippen molar-refractivity contribution >= 4 is 34.8 Å². The summed E-state index contributed by atoms with van der Waals surface area (Å²) in [6.45, 7) is 1.78. The summed E-state index contributed by atoms with van der Waals surface area (Å²) in [6.07, 6.45) is 0. The van der Waals surface area contributed by atoms with Crippen molar-refractivity contribution in [3.63, 3.8) is 0 Å². The molecule has 0 unspecified atom stereocenters. The molecule has 0 aliphatic heterocycles. The van der Waals surface area contributed by atoms with Crippen LogP contribution in [0.5, 0.6) is 0 Å². The summed E-state index contributed by atoms with van der Waals surface area (Å²) in [5.74, 6) is -2.88. The number of halogens is 4. The highest BCUT2D eigenvalue weighted by Gasteiger charge is 2.15. The van der Waals surface area contributed by atoms with Gasteiger partial charge in [-0.2, -0.15) is 0 Å². The van der Waals surface area contributed by atoms with Gasteiger partial charge in [0.05, 0.1) is 10.6 Å².